The van der Waals surface area contributed by atoms with E-state index in [1.165, 1.54) is 36.4 Å². The summed E-state index contributed by atoms with van der Waals surface area (Å²) in [5.41, 5.74) is 1.86. The van der Waals surface area contributed by atoms with Crippen molar-refractivity contribution in [1.29, 1.82) is 0 Å². The van der Waals surface area contributed by atoms with Gasteiger partial charge in [-0.1, -0.05) is 31.9 Å². The van der Waals surface area contributed by atoms with Gasteiger partial charge in [0.15, 0.2) is 5.78 Å². The maximum absolute atomic E-state index is 13.1. The number of ketones is 1. The first-order valence-electron chi connectivity index (χ1n) is 13.6. The molecule has 11 heteroatoms. The van der Waals surface area contributed by atoms with Crippen molar-refractivity contribution >= 4 is 60.6 Å². The zero-order valence-electron chi connectivity index (χ0n) is 24.2. The lowest BCUT2D eigenvalue weighted by Crippen LogP contribution is -2.11. The molecule has 5 rings (SSSR count). The molecule has 0 spiro atoms. The summed E-state index contributed by atoms with van der Waals surface area (Å²) in [5.74, 6) is -1.47. The molecule has 45 heavy (non-hydrogen) atoms. The first-order chi connectivity index (χ1) is 21.5. The number of aromatic hydroxyl groups is 1. The van der Waals surface area contributed by atoms with Crippen molar-refractivity contribution in [3.8, 4) is 17.1 Å². The monoisotopic (exact) mass is 744 g/mol. The standard InChI is InChI=1S/C17H12BrFO3.C11H11FO3.C6H5BrO/c1-2-21-17(20)15-13-9-11(18)5-8-14(13)22-16(15)10-3-6-12(19)7-4-10;1-2-15-11(14)7-10(13)8-3-5-9(12)6-4-8;7-5-1-3-6(8)4-2-5/h3-9H,2H2,1H3;3-6H,2,7H2,1H3;1-4,8H. The Morgan fingerprint density at radius 2 is 1.31 bits per heavy atom. The summed E-state index contributed by atoms with van der Waals surface area (Å²) in [6.45, 7) is 3.92. The average molecular weight is 746 g/mol. The molecule has 7 nitrogen and oxygen atoms in total. The number of phenolic OH excluding ortho intramolecular Hbond substituents is 1. The smallest absolute Gasteiger partial charge is 0.342 e. The Balaban J connectivity index is 0.000000207. The third kappa shape index (κ3) is 10.6. The van der Waals surface area contributed by atoms with Crippen LogP contribution < -0.4 is 0 Å². The Hall–Kier alpha value is -4.35. The minimum atomic E-state index is -0.563. The van der Waals surface area contributed by atoms with Crippen LogP contribution in [-0.4, -0.2) is 36.0 Å². The number of carbonyl (C=O) groups excluding carboxylic acids is 3. The predicted molar refractivity (Wildman–Crippen MR) is 173 cm³/mol. The van der Waals surface area contributed by atoms with Crippen molar-refractivity contribution in [3.63, 3.8) is 0 Å². The van der Waals surface area contributed by atoms with E-state index in [4.69, 9.17) is 14.3 Å². The van der Waals surface area contributed by atoms with Gasteiger partial charge in [0.2, 0.25) is 0 Å². The normalized spacial score (nSPS) is 10.2. The van der Waals surface area contributed by atoms with Crippen molar-refractivity contribution < 1.29 is 42.2 Å². The van der Waals surface area contributed by atoms with E-state index in [-0.39, 0.29) is 31.2 Å². The van der Waals surface area contributed by atoms with Gasteiger partial charge in [-0.25, -0.2) is 13.6 Å². The van der Waals surface area contributed by atoms with Gasteiger partial charge in [0.25, 0.3) is 0 Å². The molecular formula is C34H28Br2F2O7. The van der Waals surface area contributed by atoms with Crippen molar-refractivity contribution in [2.24, 2.45) is 0 Å². The SMILES string of the molecule is CCOC(=O)CC(=O)c1ccc(F)cc1.CCOC(=O)c1c(-c2ccc(F)cc2)oc2ccc(Br)cc12.Oc1ccc(Br)cc1. The molecule has 0 unspecified atom stereocenters. The molecule has 0 saturated heterocycles. The van der Waals surface area contributed by atoms with Crippen LogP contribution in [0.1, 0.15) is 41.0 Å². The number of esters is 2. The third-order valence-corrected chi connectivity index (χ3v) is 6.86. The molecule has 0 aliphatic rings. The molecular weight excluding hydrogens is 718 g/mol. The molecule has 1 aromatic heterocycles. The summed E-state index contributed by atoms with van der Waals surface area (Å²) in [4.78, 5) is 34.7. The highest BCUT2D eigenvalue weighted by Gasteiger charge is 2.23. The van der Waals surface area contributed by atoms with Crippen LogP contribution in [0, 0.1) is 11.6 Å². The summed E-state index contributed by atoms with van der Waals surface area (Å²) < 4.78 is 43.0. The zero-order valence-corrected chi connectivity index (χ0v) is 27.4. The van der Waals surface area contributed by atoms with Crippen LogP contribution in [0.5, 0.6) is 5.75 Å². The first kappa shape index (κ1) is 35.1. The molecule has 0 fully saturated rings. The van der Waals surface area contributed by atoms with Crippen LogP contribution in [0.15, 0.2) is 104 Å². The van der Waals surface area contributed by atoms with E-state index < -0.39 is 17.8 Å². The Kier molecular flexibility index (Phi) is 13.4. The molecule has 4 aromatic carbocycles. The number of benzene rings is 4. The second-order valence-electron chi connectivity index (χ2n) is 9.06. The van der Waals surface area contributed by atoms with Gasteiger partial charge in [-0.15, -0.1) is 0 Å². The predicted octanol–water partition coefficient (Wildman–Crippen LogP) is 9.29. The molecule has 0 atom stereocenters. The van der Waals surface area contributed by atoms with Gasteiger partial charge >= 0.3 is 11.9 Å². The topological polar surface area (TPSA) is 103 Å². The maximum Gasteiger partial charge on any atom is 0.342 e. The largest absolute Gasteiger partial charge is 0.508 e. The molecule has 0 saturated carbocycles. The van der Waals surface area contributed by atoms with Gasteiger partial charge in [0.1, 0.15) is 40.7 Å². The molecule has 234 valence electrons. The summed E-state index contributed by atoms with van der Waals surface area (Å²) in [7, 11) is 0. The fraction of sp³-hybridized carbons (Fsp3) is 0.147. The summed E-state index contributed by atoms with van der Waals surface area (Å²) >= 11 is 6.62. The van der Waals surface area contributed by atoms with E-state index >= 15 is 0 Å². The summed E-state index contributed by atoms with van der Waals surface area (Å²) in [6, 6.07) is 23.1. The number of rotatable bonds is 7. The Morgan fingerprint density at radius 1 is 0.756 bits per heavy atom. The van der Waals surface area contributed by atoms with Crippen molar-refractivity contribution in [1.82, 2.24) is 0 Å². The van der Waals surface area contributed by atoms with Gasteiger partial charge in [-0.2, -0.15) is 0 Å². The van der Waals surface area contributed by atoms with Crippen LogP contribution in [0.25, 0.3) is 22.3 Å². The molecule has 0 amide bonds. The molecule has 1 N–H and O–H groups in total. The minimum absolute atomic E-state index is 0.246. The van der Waals surface area contributed by atoms with Crippen LogP contribution in [0.4, 0.5) is 8.78 Å². The van der Waals surface area contributed by atoms with Crippen LogP contribution >= 0.6 is 31.9 Å². The number of Topliss-reactive ketones (excluding diaryl/α,β-unsaturated/α-hetero) is 1. The third-order valence-electron chi connectivity index (χ3n) is 5.84. The highest BCUT2D eigenvalue weighted by atomic mass is 79.9. The highest BCUT2D eigenvalue weighted by Crippen LogP contribution is 2.35. The summed E-state index contributed by atoms with van der Waals surface area (Å²) in [6.07, 6.45) is -0.306. The number of hydrogen-bond donors (Lipinski definition) is 1. The lowest BCUT2D eigenvalue weighted by Gasteiger charge is -2.03. The molecule has 0 radical (unpaired) electrons. The Morgan fingerprint density at radius 3 is 1.87 bits per heavy atom. The van der Waals surface area contributed by atoms with Crippen molar-refractivity contribution in [2.75, 3.05) is 13.2 Å². The number of ether oxygens (including phenoxy) is 2. The van der Waals surface area contributed by atoms with Gasteiger partial charge < -0.3 is 19.0 Å². The number of fused-ring (bicyclic) bond motifs is 1. The zero-order chi connectivity index (χ0) is 32.9. The quantitative estimate of drug-likeness (QED) is 0.101. The van der Waals surface area contributed by atoms with E-state index in [2.05, 4.69) is 36.6 Å². The number of hydrogen-bond acceptors (Lipinski definition) is 7. The van der Waals surface area contributed by atoms with E-state index in [0.29, 0.717) is 39.2 Å². The van der Waals surface area contributed by atoms with E-state index in [0.717, 1.165) is 8.95 Å². The molecule has 0 aliphatic heterocycles. The Bertz CT molecular complexity index is 1710. The van der Waals surface area contributed by atoms with Gasteiger partial charge in [-0.3, -0.25) is 9.59 Å². The Labute approximate surface area is 275 Å². The van der Waals surface area contributed by atoms with E-state index in [9.17, 15) is 23.2 Å². The van der Waals surface area contributed by atoms with Crippen LogP contribution in [0.2, 0.25) is 0 Å². The first-order valence-corrected chi connectivity index (χ1v) is 15.1. The maximum atomic E-state index is 13.1. The number of halogens is 4. The molecule has 5 aromatic rings. The number of phenols is 1. The van der Waals surface area contributed by atoms with E-state index in [1.54, 1.807) is 62.4 Å². The molecule has 1 heterocycles. The lowest BCUT2D eigenvalue weighted by molar-refractivity contribution is -0.141. The van der Waals surface area contributed by atoms with E-state index in [1.807, 2.05) is 6.07 Å². The molecule has 0 aliphatic carbocycles. The van der Waals surface area contributed by atoms with Crippen molar-refractivity contribution in [2.45, 2.75) is 20.3 Å². The minimum Gasteiger partial charge on any atom is -0.508 e. The fourth-order valence-electron chi connectivity index (χ4n) is 3.80. The van der Waals surface area contributed by atoms with Gasteiger partial charge in [0.05, 0.1) is 13.2 Å². The van der Waals surface area contributed by atoms with Crippen molar-refractivity contribution in [3.05, 3.63) is 123 Å². The van der Waals surface area contributed by atoms with Gasteiger partial charge in [0, 0.05) is 25.5 Å². The second kappa shape index (κ2) is 17.2. The second-order valence-corrected chi connectivity index (χ2v) is 10.9. The molecule has 0 bridgehead atoms. The number of carbonyl (C=O) groups is 3. The summed E-state index contributed by atoms with van der Waals surface area (Å²) in [5, 5.41) is 9.40. The number of furan rings is 1. The highest BCUT2D eigenvalue weighted by molar-refractivity contribution is 9.10. The van der Waals surface area contributed by atoms with Crippen LogP contribution in [-0.2, 0) is 14.3 Å². The van der Waals surface area contributed by atoms with Crippen LogP contribution in [0.3, 0.4) is 0 Å². The average Bonchev–Trinajstić information content (AvgIpc) is 3.39. The van der Waals surface area contributed by atoms with Gasteiger partial charge in [-0.05, 0) is 105 Å². The lowest BCUT2D eigenvalue weighted by atomic mass is 10.1. The fourth-order valence-corrected chi connectivity index (χ4v) is 4.43.